The van der Waals surface area contributed by atoms with E-state index in [0.717, 1.165) is 11.2 Å². The first-order chi connectivity index (χ1) is 9.47. The molecule has 102 valence electrons. The van der Waals surface area contributed by atoms with Crippen molar-refractivity contribution in [2.45, 2.75) is 4.90 Å². The van der Waals surface area contributed by atoms with Gasteiger partial charge in [0.15, 0.2) is 5.82 Å². The van der Waals surface area contributed by atoms with Crippen LogP contribution in [0.4, 0.5) is 0 Å². The molecular formula is C13H12N4O2S. The van der Waals surface area contributed by atoms with Crippen molar-refractivity contribution >= 4 is 21.1 Å². The third kappa shape index (κ3) is 2.06. The van der Waals surface area contributed by atoms with Crippen LogP contribution in [0.15, 0.2) is 47.5 Å². The number of aromatic nitrogens is 3. The van der Waals surface area contributed by atoms with Crippen LogP contribution < -0.4 is 5.14 Å². The Morgan fingerprint density at radius 1 is 1.20 bits per heavy atom. The molecule has 20 heavy (non-hydrogen) atoms. The normalized spacial score (nSPS) is 11.9. The number of pyridine rings is 1. The van der Waals surface area contributed by atoms with Gasteiger partial charge in [-0.3, -0.25) is 4.98 Å². The molecule has 0 aliphatic rings. The first-order valence-electron chi connectivity index (χ1n) is 5.87. The zero-order valence-corrected chi connectivity index (χ0v) is 11.5. The first kappa shape index (κ1) is 12.8. The number of rotatable bonds is 2. The van der Waals surface area contributed by atoms with Crippen LogP contribution >= 0.6 is 0 Å². The summed E-state index contributed by atoms with van der Waals surface area (Å²) in [7, 11) is -1.87. The topological polar surface area (TPSA) is 90.9 Å². The Labute approximate surface area is 115 Å². The number of hydrogen-bond acceptors (Lipinski definition) is 4. The fraction of sp³-hybridized carbons (Fsp3) is 0.0769. The highest BCUT2D eigenvalue weighted by Crippen LogP contribution is 2.23. The molecule has 0 unspecified atom stereocenters. The van der Waals surface area contributed by atoms with Crippen LogP contribution in [0.1, 0.15) is 0 Å². The molecule has 0 fully saturated rings. The summed E-state index contributed by atoms with van der Waals surface area (Å²) in [6.45, 7) is 0. The highest BCUT2D eigenvalue weighted by Gasteiger charge is 2.14. The van der Waals surface area contributed by atoms with Gasteiger partial charge in [-0.2, -0.15) is 0 Å². The summed E-state index contributed by atoms with van der Waals surface area (Å²) in [6.07, 6.45) is 1.68. The molecule has 2 heterocycles. The largest absolute Gasteiger partial charge is 0.326 e. The average Bonchev–Trinajstić information content (AvgIpc) is 2.76. The van der Waals surface area contributed by atoms with Crippen molar-refractivity contribution in [1.29, 1.82) is 0 Å². The van der Waals surface area contributed by atoms with Gasteiger partial charge in [-0.1, -0.05) is 6.07 Å². The van der Waals surface area contributed by atoms with E-state index in [1.807, 2.05) is 29.8 Å². The lowest BCUT2D eigenvalue weighted by molar-refractivity contribution is 0.598. The van der Waals surface area contributed by atoms with Gasteiger partial charge < -0.3 is 4.57 Å². The van der Waals surface area contributed by atoms with Crippen molar-refractivity contribution < 1.29 is 8.42 Å². The summed E-state index contributed by atoms with van der Waals surface area (Å²) < 4.78 is 24.6. The standard InChI is InChI=1S/C13H12N4O2S/c1-17-12-6-5-9(20(14,18)19)8-11(12)16-13(17)10-4-2-3-7-15-10/h2-8H,1H3,(H2,14,18,19). The number of hydrogen-bond donors (Lipinski definition) is 1. The van der Waals surface area contributed by atoms with Crippen molar-refractivity contribution in [3.05, 3.63) is 42.6 Å². The predicted molar refractivity (Wildman–Crippen MR) is 75.3 cm³/mol. The van der Waals surface area contributed by atoms with Crippen LogP contribution in [0.5, 0.6) is 0 Å². The molecule has 2 aromatic heterocycles. The Bertz CT molecular complexity index is 885. The summed E-state index contributed by atoms with van der Waals surface area (Å²) in [5.74, 6) is 0.673. The van der Waals surface area contributed by atoms with Crippen LogP contribution in [0.25, 0.3) is 22.6 Å². The second kappa shape index (κ2) is 4.39. The fourth-order valence-corrected chi connectivity index (χ4v) is 2.61. The van der Waals surface area contributed by atoms with Crippen LogP contribution in [0.3, 0.4) is 0 Å². The van der Waals surface area contributed by atoms with Gasteiger partial charge in [-0.05, 0) is 30.3 Å². The zero-order valence-electron chi connectivity index (χ0n) is 10.7. The quantitative estimate of drug-likeness (QED) is 0.769. The molecule has 3 rings (SSSR count). The molecule has 0 spiro atoms. The number of aryl methyl sites for hydroxylation is 1. The van der Waals surface area contributed by atoms with Crippen molar-refractivity contribution in [3.8, 4) is 11.5 Å². The van der Waals surface area contributed by atoms with Gasteiger partial charge in [0.05, 0.1) is 15.9 Å². The number of fused-ring (bicyclic) bond motifs is 1. The lowest BCUT2D eigenvalue weighted by Gasteiger charge is -2.01. The SMILES string of the molecule is Cn1c(-c2ccccn2)nc2cc(S(N)(=O)=O)ccc21. The molecule has 3 aromatic rings. The maximum atomic E-state index is 11.4. The number of imidazole rings is 1. The van der Waals surface area contributed by atoms with Crippen LogP contribution in [0.2, 0.25) is 0 Å². The number of sulfonamides is 1. The minimum Gasteiger partial charge on any atom is -0.326 e. The van der Waals surface area contributed by atoms with E-state index < -0.39 is 10.0 Å². The summed E-state index contributed by atoms with van der Waals surface area (Å²) >= 11 is 0. The van der Waals surface area contributed by atoms with Crippen molar-refractivity contribution in [1.82, 2.24) is 14.5 Å². The molecule has 0 atom stereocenters. The minimum atomic E-state index is -3.73. The average molecular weight is 288 g/mol. The molecular weight excluding hydrogens is 276 g/mol. The number of primary sulfonamides is 1. The van der Waals surface area contributed by atoms with E-state index >= 15 is 0 Å². The van der Waals surface area contributed by atoms with E-state index in [0.29, 0.717) is 11.3 Å². The Morgan fingerprint density at radius 2 is 2.00 bits per heavy atom. The van der Waals surface area contributed by atoms with E-state index in [4.69, 9.17) is 5.14 Å². The Morgan fingerprint density at radius 3 is 2.65 bits per heavy atom. The first-order valence-corrected chi connectivity index (χ1v) is 7.42. The zero-order chi connectivity index (χ0) is 14.3. The molecule has 2 N–H and O–H groups in total. The smallest absolute Gasteiger partial charge is 0.238 e. The molecule has 7 heteroatoms. The second-order valence-corrected chi connectivity index (χ2v) is 5.97. The number of benzene rings is 1. The molecule has 0 bridgehead atoms. The molecule has 1 aromatic carbocycles. The Hall–Kier alpha value is -2.25. The van der Waals surface area contributed by atoms with Crippen molar-refractivity contribution in [2.75, 3.05) is 0 Å². The van der Waals surface area contributed by atoms with E-state index in [1.54, 1.807) is 12.3 Å². The van der Waals surface area contributed by atoms with Crippen LogP contribution in [-0.4, -0.2) is 23.0 Å². The predicted octanol–water partition coefficient (Wildman–Crippen LogP) is 1.28. The molecule has 0 saturated carbocycles. The lowest BCUT2D eigenvalue weighted by Crippen LogP contribution is -2.11. The summed E-state index contributed by atoms with van der Waals surface area (Å²) in [6, 6.07) is 10.2. The molecule has 0 saturated heterocycles. The highest BCUT2D eigenvalue weighted by atomic mass is 32.2. The molecule has 0 amide bonds. The molecule has 6 nitrogen and oxygen atoms in total. The number of nitrogens with two attached hydrogens (primary N) is 1. The summed E-state index contributed by atoms with van der Waals surface area (Å²) in [5, 5.41) is 5.13. The summed E-state index contributed by atoms with van der Waals surface area (Å²) in [4.78, 5) is 8.74. The van der Waals surface area contributed by atoms with E-state index in [-0.39, 0.29) is 4.90 Å². The maximum absolute atomic E-state index is 11.4. The third-order valence-electron chi connectivity index (χ3n) is 3.07. The highest BCUT2D eigenvalue weighted by molar-refractivity contribution is 7.89. The fourth-order valence-electron chi connectivity index (χ4n) is 2.08. The van der Waals surface area contributed by atoms with Gasteiger partial charge >= 0.3 is 0 Å². The van der Waals surface area contributed by atoms with Gasteiger partial charge in [-0.25, -0.2) is 18.5 Å². The van der Waals surface area contributed by atoms with E-state index in [1.165, 1.54) is 12.1 Å². The van der Waals surface area contributed by atoms with Crippen molar-refractivity contribution in [3.63, 3.8) is 0 Å². The van der Waals surface area contributed by atoms with Gasteiger partial charge in [0, 0.05) is 13.2 Å². The lowest BCUT2D eigenvalue weighted by atomic mass is 10.3. The molecule has 0 aliphatic heterocycles. The van der Waals surface area contributed by atoms with Gasteiger partial charge in [0.25, 0.3) is 0 Å². The second-order valence-electron chi connectivity index (χ2n) is 4.40. The van der Waals surface area contributed by atoms with Crippen LogP contribution in [0, 0.1) is 0 Å². The Balaban J connectivity index is 2.25. The van der Waals surface area contributed by atoms with Crippen LogP contribution in [-0.2, 0) is 17.1 Å². The maximum Gasteiger partial charge on any atom is 0.238 e. The molecule has 0 radical (unpaired) electrons. The van der Waals surface area contributed by atoms with Gasteiger partial charge in [0.1, 0.15) is 5.69 Å². The van der Waals surface area contributed by atoms with Gasteiger partial charge in [-0.15, -0.1) is 0 Å². The Kier molecular flexibility index (Phi) is 2.81. The van der Waals surface area contributed by atoms with Gasteiger partial charge in [0.2, 0.25) is 10.0 Å². The minimum absolute atomic E-state index is 0.0515. The third-order valence-corrected chi connectivity index (χ3v) is 3.99. The van der Waals surface area contributed by atoms with E-state index in [2.05, 4.69) is 9.97 Å². The monoisotopic (exact) mass is 288 g/mol. The number of nitrogens with zero attached hydrogens (tertiary/aromatic N) is 3. The summed E-state index contributed by atoms with van der Waals surface area (Å²) in [5.41, 5.74) is 2.11. The van der Waals surface area contributed by atoms with E-state index in [9.17, 15) is 8.42 Å². The van der Waals surface area contributed by atoms with Crippen molar-refractivity contribution in [2.24, 2.45) is 12.2 Å². The molecule has 0 aliphatic carbocycles.